The van der Waals surface area contributed by atoms with Gasteiger partial charge < -0.3 is 4.57 Å². The van der Waals surface area contributed by atoms with Crippen LogP contribution in [0.5, 0.6) is 0 Å². The van der Waals surface area contributed by atoms with Crippen LogP contribution < -0.4 is 4.80 Å². The van der Waals surface area contributed by atoms with Gasteiger partial charge in [0.05, 0.1) is 21.7 Å². The van der Waals surface area contributed by atoms with Gasteiger partial charge in [-0.2, -0.15) is 4.99 Å². The molecule has 3 rings (SSSR count). The van der Waals surface area contributed by atoms with E-state index in [0.717, 1.165) is 11.1 Å². The first-order valence-electron chi connectivity index (χ1n) is 7.77. The maximum Gasteiger partial charge on any atom is 0.279 e. The largest absolute Gasteiger partial charge is 0.305 e. The van der Waals surface area contributed by atoms with Crippen LogP contribution in [0.2, 0.25) is 0 Å². The minimum atomic E-state index is -0.456. The average molecular weight is 365 g/mol. The molecule has 0 aliphatic rings. The molecule has 0 saturated heterocycles. The second kappa shape index (κ2) is 6.94. The van der Waals surface area contributed by atoms with Gasteiger partial charge in [0.2, 0.25) is 0 Å². The zero-order chi connectivity index (χ0) is 18.8. The van der Waals surface area contributed by atoms with Crippen LogP contribution in [-0.2, 0) is 6.54 Å². The average Bonchev–Trinajstić information content (AvgIpc) is 2.91. The van der Waals surface area contributed by atoms with E-state index < -0.39 is 4.92 Å². The van der Waals surface area contributed by atoms with Gasteiger partial charge in [-0.1, -0.05) is 34.5 Å². The van der Waals surface area contributed by atoms with Crippen molar-refractivity contribution in [3.63, 3.8) is 0 Å². The molecule has 1 heterocycles. The molecule has 0 aliphatic heterocycles. The van der Waals surface area contributed by atoms with Gasteiger partial charge in [-0.3, -0.25) is 14.9 Å². The van der Waals surface area contributed by atoms with Crippen molar-refractivity contribution < 1.29 is 9.72 Å². The van der Waals surface area contributed by atoms with Crippen LogP contribution in [0.1, 0.15) is 21.5 Å². The molecule has 0 spiro atoms. The molecule has 0 unspecified atom stereocenters. The summed E-state index contributed by atoms with van der Waals surface area (Å²) in [5.74, 6) is 2.16. The van der Waals surface area contributed by atoms with Crippen molar-refractivity contribution >= 4 is 33.1 Å². The Kier molecular flexibility index (Phi) is 4.69. The summed E-state index contributed by atoms with van der Waals surface area (Å²) in [4.78, 5) is 27.8. The van der Waals surface area contributed by atoms with Crippen molar-refractivity contribution in [1.29, 1.82) is 0 Å². The van der Waals surface area contributed by atoms with E-state index in [-0.39, 0.29) is 18.1 Å². The van der Waals surface area contributed by atoms with Crippen molar-refractivity contribution in [3.05, 3.63) is 68.0 Å². The van der Waals surface area contributed by atoms with Crippen LogP contribution in [0.4, 0.5) is 5.69 Å². The van der Waals surface area contributed by atoms with E-state index in [0.29, 0.717) is 20.6 Å². The number of hydrogen-bond donors (Lipinski definition) is 0. The number of nitrogens with zero attached hydrogens (tertiary/aromatic N) is 3. The van der Waals surface area contributed by atoms with Crippen LogP contribution in [0.25, 0.3) is 10.2 Å². The first-order valence-corrected chi connectivity index (χ1v) is 8.59. The van der Waals surface area contributed by atoms with Gasteiger partial charge in [-0.05, 0) is 32.0 Å². The first kappa shape index (κ1) is 17.6. The number of benzene rings is 2. The van der Waals surface area contributed by atoms with Gasteiger partial charge in [0.15, 0.2) is 4.80 Å². The molecule has 3 aromatic rings. The summed E-state index contributed by atoms with van der Waals surface area (Å²) >= 11 is 1.20. The predicted molar refractivity (Wildman–Crippen MR) is 101 cm³/mol. The smallest absolute Gasteiger partial charge is 0.279 e. The SMILES string of the molecule is C#CCn1c(=NC(=O)c2cc(C)cc(C)c2)sc2cc([N+](=O)[O-])ccc21. The fourth-order valence-electron chi connectivity index (χ4n) is 2.75. The standard InChI is InChI=1S/C19H15N3O3S/c1-4-7-21-16-6-5-15(22(24)25)11-17(16)26-19(21)20-18(23)14-9-12(2)8-13(3)10-14/h1,5-6,8-11H,7H2,2-3H3. The molecule has 130 valence electrons. The third-order valence-electron chi connectivity index (χ3n) is 3.79. The highest BCUT2D eigenvalue weighted by molar-refractivity contribution is 7.16. The van der Waals surface area contributed by atoms with Crippen molar-refractivity contribution in [2.45, 2.75) is 20.4 Å². The lowest BCUT2D eigenvalue weighted by Gasteiger charge is -2.01. The number of hydrogen-bond acceptors (Lipinski definition) is 4. The Morgan fingerprint density at radius 2 is 1.96 bits per heavy atom. The number of nitro benzene ring substituents is 1. The molecule has 0 fully saturated rings. The van der Waals surface area contributed by atoms with Crippen LogP contribution in [0, 0.1) is 36.3 Å². The molecular formula is C19H15N3O3S. The Morgan fingerprint density at radius 3 is 2.58 bits per heavy atom. The summed E-state index contributed by atoms with van der Waals surface area (Å²) in [5.41, 5.74) is 3.15. The van der Waals surface area contributed by atoms with Crippen LogP contribution in [0.15, 0.2) is 41.4 Å². The van der Waals surface area contributed by atoms with Crippen LogP contribution in [0.3, 0.4) is 0 Å². The van der Waals surface area contributed by atoms with Gasteiger partial charge in [0, 0.05) is 17.7 Å². The van der Waals surface area contributed by atoms with Crippen LogP contribution in [-0.4, -0.2) is 15.4 Å². The lowest BCUT2D eigenvalue weighted by atomic mass is 10.1. The summed E-state index contributed by atoms with van der Waals surface area (Å²) in [7, 11) is 0. The van der Waals surface area contributed by atoms with Crippen molar-refractivity contribution in [2.24, 2.45) is 4.99 Å². The number of amides is 1. The molecule has 26 heavy (non-hydrogen) atoms. The number of nitro groups is 1. The number of carbonyl (C=O) groups excluding carboxylic acids is 1. The second-order valence-electron chi connectivity index (χ2n) is 5.88. The molecule has 1 aromatic heterocycles. The van der Waals surface area contributed by atoms with Gasteiger partial charge in [0.1, 0.15) is 0 Å². The lowest BCUT2D eigenvalue weighted by Crippen LogP contribution is -2.16. The van der Waals surface area contributed by atoms with Gasteiger partial charge >= 0.3 is 0 Å². The molecule has 0 aliphatic carbocycles. The first-order chi connectivity index (χ1) is 12.4. The zero-order valence-corrected chi connectivity index (χ0v) is 15.0. The molecular weight excluding hydrogens is 350 g/mol. The van der Waals surface area contributed by atoms with Crippen molar-refractivity contribution in [3.8, 4) is 12.3 Å². The van der Waals surface area contributed by atoms with E-state index in [1.54, 1.807) is 22.8 Å². The lowest BCUT2D eigenvalue weighted by molar-refractivity contribution is -0.384. The van der Waals surface area contributed by atoms with Gasteiger partial charge in [0.25, 0.3) is 11.6 Å². The summed E-state index contributed by atoms with van der Waals surface area (Å²) in [6.45, 7) is 4.05. The minimum Gasteiger partial charge on any atom is -0.305 e. The highest BCUT2D eigenvalue weighted by atomic mass is 32.1. The number of non-ortho nitro benzene ring substituents is 1. The molecule has 0 bridgehead atoms. The monoisotopic (exact) mass is 365 g/mol. The highest BCUT2D eigenvalue weighted by Gasteiger charge is 2.13. The number of aromatic nitrogens is 1. The molecule has 7 heteroatoms. The maximum absolute atomic E-state index is 12.6. The fraction of sp³-hybridized carbons (Fsp3) is 0.158. The van der Waals surface area contributed by atoms with Gasteiger partial charge in [-0.25, -0.2) is 0 Å². The van der Waals surface area contributed by atoms with Crippen molar-refractivity contribution in [1.82, 2.24) is 4.57 Å². The molecule has 1 amide bonds. The number of thiazole rings is 1. The van der Waals surface area contributed by atoms with Gasteiger partial charge in [-0.15, -0.1) is 6.42 Å². The Morgan fingerprint density at radius 1 is 1.27 bits per heavy atom. The highest BCUT2D eigenvalue weighted by Crippen LogP contribution is 2.23. The summed E-state index contributed by atoms with van der Waals surface area (Å²) < 4.78 is 2.37. The number of carbonyl (C=O) groups is 1. The Balaban J connectivity index is 2.17. The summed E-state index contributed by atoms with van der Waals surface area (Å²) in [5, 5.41) is 11.0. The third kappa shape index (κ3) is 3.41. The summed E-state index contributed by atoms with van der Waals surface area (Å²) in [6, 6.07) is 10.0. The van der Waals surface area contributed by atoms with Crippen LogP contribution >= 0.6 is 11.3 Å². The minimum absolute atomic E-state index is 0.0150. The Hall–Kier alpha value is -3.24. The number of aryl methyl sites for hydroxylation is 2. The molecule has 2 aromatic carbocycles. The quantitative estimate of drug-likeness (QED) is 0.404. The molecule has 0 atom stereocenters. The topological polar surface area (TPSA) is 77.5 Å². The molecule has 0 N–H and O–H groups in total. The second-order valence-corrected chi connectivity index (χ2v) is 6.89. The van der Waals surface area contributed by atoms with E-state index in [1.807, 2.05) is 19.9 Å². The Bertz CT molecular complexity index is 1130. The fourth-order valence-corrected chi connectivity index (χ4v) is 3.82. The van der Waals surface area contributed by atoms with Crippen molar-refractivity contribution in [2.75, 3.05) is 0 Å². The van der Waals surface area contributed by atoms with E-state index in [1.165, 1.54) is 23.5 Å². The van der Waals surface area contributed by atoms with E-state index >= 15 is 0 Å². The van der Waals surface area contributed by atoms with E-state index in [9.17, 15) is 14.9 Å². The normalized spacial score (nSPS) is 11.5. The van der Waals surface area contributed by atoms with E-state index in [4.69, 9.17) is 6.42 Å². The predicted octanol–water partition coefficient (Wildman–Crippen LogP) is 3.60. The summed E-state index contributed by atoms with van der Waals surface area (Å²) in [6.07, 6.45) is 5.44. The molecule has 6 nitrogen and oxygen atoms in total. The number of rotatable bonds is 3. The number of fused-ring (bicyclic) bond motifs is 1. The molecule has 0 radical (unpaired) electrons. The van der Waals surface area contributed by atoms with E-state index in [2.05, 4.69) is 10.9 Å². The third-order valence-corrected chi connectivity index (χ3v) is 4.83. The Labute approximate surface area is 153 Å². The zero-order valence-electron chi connectivity index (χ0n) is 14.2. The molecule has 0 saturated carbocycles. The number of terminal acetylenes is 1. The maximum atomic E-state index is 12.6.